The lowest BCUT2D eigenvalue weighted by Gasteiger charge is -2.10. The van der Waals surface area contributed by atoms with Crippen molar-refractivity contribution in [3.05, 3.63) is 87.3 Å². The highest BCUT2D eigenvalue weighted by atomic mass is 32.1. The summed E-state index contributed by atoms with van der Waals surface area (Å²) in [5, 5.41) is 18.9. The number of nitriles is 1. The quantitative estimate of drug-likeness (QED) is 0.460. The third-order valence-electron chi connectivity index (χ3n) is 5.56. The van der Waals surface area contributed by atoms with E-state index >= 15 is 0 Å². The number of benzene rings is 2. The first-order valence-corrected chi connectivity index (χ1v) is 10.6. The molecule has 2 aromatic heterocycles. The van der Waals surface area contributed by atoms with Crippen LogP contribution in [0.25, 0.3) is 16.1 Å². The molecule has 1 aliphatic heterocycles. The van der Waals surface area contributed by atoms with Gasteiger partial charge >= 0.3 is 0 Å². The molecule has 30 heavy (non-hydrogen) atoms. The van der Waals surface area contributed by atoms with Crippen LogP contribution in [0.5, 0.6) is 0 Å². The highest BCUT2D eigenvalue weighted by Crippen LogP contribution is 2.36. The molecule has 0 N–H and O–H groups in total. The Hall–Kier alpha value is -3.56. The van der Waals surface area contributed by atoms with Crippen LogP contribution in [0.3, 0.4) is 0 Å². The molecule has 0 amide bonds. The number of aromatic nitrogens is 3. The van der Waals surface area contributed by atoms with Crippen LogP contribution in [0.15, 0.2) is 53.5 Å². The number of hydrogen-bond donors (Lipinski definition) is 0. The fourth-order valence-electron chi connectivity index (χ4n) is 3.87. The van der Waals surface area contributed by atoms with Crippen LogP contribution in [0.4, 0.5) is 0 Å². The zero-order chi connectivity index (χ0) is 20.8. The van der Waals surface area contributed by atoms with Gasteiger partial charge in [-0.1, -0.05) is 36.4 Å². The van der Waals surface area contributed by atoms with Crippen LogP contribution in [-0.4, -0.2) is 20.5 Å². The smallest absolute Gasteiger partial charge is 0.160 e. The van der Waals surface area contributed by atoms with Gasteiger partial charge < -0.3 is 0 Å². The van der Waals surface area contributed by atoms with Crippen LogP contribution in [0.1, 0.15) is 38.8 Å². The van der Waals surface area contributed by atoms with E-state index in [1.54, 1.807) is 11.3 Å². The Labute approximate surface area is 179 Å². The lowest BCUT2D eigenvalue weighted by Crippen LogP contribution is -2.07. The van der Waals surface area contributed by atoms with E-state index in [4.69, 9.17) is 4.99 Å². The van der Waals surface area contributed by atoms with Gasteiger partial charge in [-0.15, -0.1) is 21.5 Å². The van der Waals surface area contributed by atoms with E-state index < -0.39 is 0 Å². The molecule has 0 radical (unpaired) electrons. The van der Waals surface area contributed by atoms with Crippen LogP contribution in [0.2, 0.25) is 0 Å². The van der Waals surface area contributed by atoms with Crippen molar-refractivity contribution >= 4 is 17.0 Å². The molecular weight excluding hydrogens is 390 g/mol. The number of aryl methyl sites for hydroxylation is 2. The molecule has 0 saturated carbocycles. The fraction of sp³-hybridized carbons (Fsp3) is 0.167. The van der Waals surface area contributed by atoms with Crippen LogP contribution >= 0.6 is 11.3 Å². The number of aliphatic imine (C=N–C) groups is 1. The zero-order valence-corrected chi connectivity index (χ0v) is 17.8. The summed E-state index contributed by atoms with van der Waals surface area (Å²) in [6.45, 7) is 6.80. The molecule has 4 aromatic rings. The monoisotopic (exact) mass is 409 g/mol. The van der Waals surface area contributed by atoms with Gasteiger partial charge in [0, 0.05) is 16.0 Å². The molecule has 0 spiro atoms. The summed E-state index contributed by atoms with van der Waals surface area (Å²) < 4.78 is 2.14. The average Bonchev–Trinajstić information content (AvgIpc) is 3.22. The highest BCUT2D eigenvalue weighted by Gasteiger charge is 2.26. The molecule has 5 nitrogen and oxygen atoms in total. The van der Waals surface area contributed by atoms with Crippen LogP contribution in [0, 0.1) is 32.1 Å². The summed E-state index contributed by atoms with van der Waals surface area (Å²) in [6.07, 6.45) is 0. The molecule has 5 rings (SSSR count). The number of nitrogens with zero attached hydrogens (tertiary/aromatic N) is 5. The Morgan fingerprint density at radius 2 is 1.73 bits per heavy atom. The van der Waals surface area contributed by atoms with E-state index in [0.717, 1.165) is 39.1 Å². The summed E-state index contributed by atoms with van der Waals surface area (Å²) >= 11 is 1.77. The van der Waals surface area contributed by atoms with Gasteiger partial charge in [0.05, 0.1) is 17.3 Å². The second-order valence-corrected chi connectivity index (χ2v) is 8.60. The molecule has 2 aromatic carbocycles. The Balaban J connectivity index is 1.61. The molecule has 6 heteroatoms. The summed E-state index contributed by atoms with van der Waals surface area (Å²) in [6, 6.07) is 18.3. The van der Waals surface area contributed by atoms with Crippen molar-refractivity contribution < 1.29 is 0 Å². The lowest BCUT2D eigenvalue weighted by atomic mass is 9.97. The van der Waals surface area contributed by atoms with Crippen molar-refractivity contribution in [2.75, 3.05) is 0 Å². The average molecular weight is 410 g/mol. The molecule has 0 fully saturated rings. The number of hydrogen-bond acceptors (Lipinski definition) is 5. The van der Waals surface area contributed by atoms with E-state index in [0.29, 0.717) is 12.1 Å². The van der Waals surface area contributed by atoms with Crippen molar-refractivity contribution in [1.82, 2.24) is 14.8 Å². The van der Waals surface area contributed by atoms with E-state index in [-0.39, 0.29) is 0 Å². The van der Waals surface area contributed by atoms with Crippen molar-refractivity contribution in [3.8, 4) is 22.2 Å². The molecule has 146 valence electrons. The Morgan fingerprint density at radius 3 is 2.50 bits per heavy atom. The molecule has 1 aliphatic rings. The minimum atomic E-state index is 0.502. The third-order valence-corrected chi connectivity index (χ3v) is 6.75. The van der Waals surface area contributed by atoms with Crippen LogP contribution in [-0.2, 0) is 6.54 Å². The Bertz CT molecular complexity index is 1350. The van der Waals surface area contributed by atoms with Gasteiger partial charge in [-0.05, 0) is 49.6 Å². The SMILES string of the molecule is Cc1sc2c(c1C)C(c1ccc(-c3cccc(C#N)c3)cc1)=NCc1nnc(C)n1-2. The van der Waals surface area contributed by atoms with Crippen molar-refractivity contribution in [1.29, 1.82) is 5.26 Å². The van der Waals surface area contributed by atoms with Gasteiger partial charge in [0.1, 0.15) is 17.4 Å². The standard InChI is InChI=1S/C24H19N5S/c1-14-15(2)30-24-22(14)23(26-13-21-28-27-16(3)29(21)24)19-9-7-18(8-10-19)20-6-4-5-17(11-20)12-25/h4-11H,13H2,1-3H3. The first kappa shape index (κ1) is 18.5. The van der Waals surface area contributed by atoms with E-state index in [1.807, 2.05) is 31.2 Å². The largest absolute Gasteiger partial charge is 0.276 e. The van der Waals surface area contributed by atoms with E-state index in [2.05, 4.69) is 58.9 Å². The third kappa shape index (κ3) is 2.87. The first-order valence-electron chi connectivity index (χ1n) is 9.74. The first-order chi connectivity index (χ1) is 14.6. The van der Waals surface area contributed by atoms with Gasteiger partial charge in [0.25, 0.3) is 0 Å². The van der Waals surface area contributed by atoms with Crippen molar-refractivity contribution in [2.45, 2.75) is 27.3 Å². The zero-order valence-electron chi connectivity index (χ0n) is 17.0. The second-order valence-electron chi connectivity index (χ2n) is 7.40. The van der Waals surface area contributed by atoms with Crippen LogP contribution < -0.4 is 0 Å². The maximum Gasteiger partial charge on any atom is 0.160 e. The van der Waals surface area contributed by atoms with E-state index in [9.17, 15) is 5.26 Å². The van der Waals surface area contributed by atoms with Gasteiger partial charge in [-0.3, -0.25) is 9.56 Å². The minimum absolute atomic E-state index is 0.502. The van der Waals surface area contributed by atoms with Gasteiger partial charge in [0.15, 0.2) is 5.82 Å². The summed E-state index contributed by atoms with van der Waals surface area (Å²) in [4.78, 5) is 6.23. The number of fused-ring (bicyclic) bond motifs is 3. The summed E-state index contributed by atoms with van der Waals surface area (Å²) in [5.41, 5.74) is 7.27. The number of thiophene rings is 1. The predicted octanol–water partition coefficient (Wildman–Crippen LogP) is 5.14. The predicted molar refractivity (Wildman–Crippen MR) is 119 cm³/mol. The van der Waals surface area contributed by atoms with Gasteiger partial charge in [-0.25, -0.2) is 0 Å². The molecule has 0 aliphatic carbocycles. The minimum Gasteiger partial charge on any atom is -0.276 e. The molecular formula is C24H19N5S. The summed E-state index contributed by atoms with van der Waals surface area (Å²) in [7, 11) is 0. The van der Waals surface area contributed by atoms with Crippen molar-refractivity contribution in [3.63, 3.8) is 0 Å². The Morgan fingerprint density at radius 1 is 0.967 bits per heavy atom. The fourth-order valence-corrected chi connectivity index (χ4v) is 5.10. The maximum absolute atomic E-state index is 9.17. The molecule has 0 unspecified atom stereocenters. The van der Waals surface area contributed by atoms with Gasteiger partial charge in [-0.2, -0.15) is 5.26 Å². The number of rotatable bonds is 2. The molecule has 0 atom stereocenters. The normalized spacial score (nSPS) is 12.5. The van der Waals surface area contributed by atoms with E-state index in [1.165, 1.54) is 16.0 Å². The summed E-state index contributed by atoms with van der Waals surface area (Å²) in [5.74, 6) is 1.76. The Kier molecular flexibility index (Phi) is 4.34. The molecule has 3 heterocycles. The second kappa shape index (κ2) is 7.05. The highest BCUT2D eigenvalue weighted by molar-refractivity contribution is 7.15. The molecule has 0 bridgehead atoms. The topological polar surface area (TPSA) is 66.9 Å². The van der Waals surface area contributed by atoms with Crippen molar-refractivity contribution in [2.24, 2.45) is 4.99 Å². The lowest BCUT2D eigenvalue weighted by molar-refractivity contribution is 0.869. The maximum atomic E-state index is 9.17. The van der Waals surface area contributed by atoms with Gasteiger partial charge in [0.2, 0.25) is 0 Å². The molecule has 0 saturated heterocycles.